The molecule has 0 aromatic heterocycles. The molecule has 2 amide bonds. The van der Waals surface area contributed by atoms with Crippen molar-refractivity contribution < 1.29 is 19.1 Å². The Bertz CT molecular complexity index is 754. The summed E-state index contributed by atoms with van der Waals surface area (Å²) in [4.78, 5) is 22.7. The van der Waals surface area contributed by atoms with Gasteiger partial charge in [-0.05, 0) is 56.2 Å². The van der Waals surface area contributed by atoms with Crippen LogP contribution in [0.25, 0.3) is 0 Å². The van der Waals surface area contributed by atoms with Crippen LogP contribution in [-0.2, 0) is 9.53 Å². The maximum absolute atomic E-state index is 11.6. The summed E-state index contributed by atoms with van der Waals surface area (Å²) in [6, 6.07) is 8.51. The lowest BCUT2D eigenvalue weighted by Crippen LogP contribution is -2.23. The molecular formula is C22H30N2O4S2. The fraction of sp³-hybridized carbons (Fsp3) is 0.545. The van der Waals surface area contributed by atoms with Crippen LogP contribution in [0.4, 0.5) is 4.79 Å². The molecule has 6 nitrogen and oxygen atoms in total. The topological polar surface area (TPSA) is 67.9 Å². The lowest BCUT2D eigenvalue weighted by molar-refractivity contribution is -0.118. The van der Waals surface area contributed by atoms with Crippen LogP contribution in [-0.4, -0.2) is 46.9 Å². The summed E-state index contributed by atoms with van der Waals surface area (Å²) in [5.41, 5.74) is 1.21. The number of hydrogen-bond acceptors (Lipinski definition) is 7. The molecule has 2 fully saturated rings. The predicted molar refractivity (Wildman–Crippen MR) is 123 cm³/mol. The Kier molecular flexibility index (Phi) is 9.11. The van der Waals surface area contributed by atoms with Gasteiger partial charge in [0.1, 0.15) is 12.5 Å². The molecule has 30 heavy (non-hydrogen) atoms. The highest BCUT2D eigenvalue weighted by Gasteiger charge is 2.30. The molecule has 0 bridgehead atoms. The first kappa shape index (κ1) is 23.2. The Morgan fingerprint density at radius 2 is 2.17 bits per heavy atom. The van der Waals surface area contributed by atoms with Gasteiger partial charge >= 0.3 is 0 Å². The molecule has 1 aliphatic carbocycles. The van der Waals surface area contributed by atoms with E-state index in [-0.39, 0.29) is 22.4 Å². The van der Waals surface area contributed by atoms with E-state index in [0.717, 1.165) is 42.2 Å². The molecule has 1 aromatic rings. The summed E-state index contributed by atoms with van der Waals surface area (Å²) in [7, 11) is 1.71. The van der Waals surface area contributed by atoms with E-state index >= 15 is 0 Å². The number of ether oxygens (including phenoxy) is 2. The van der Waals surface area contributed by atoms with Gasteiger partial charge in [0.2, 0.25) is 5.91 Å². The first-order chi connectivity index (χ1) is 14.6. The van der Waals surface area contributed by atoms with Crippen molar-refractivity contribution in [2.45, 2.75) is 43.9 Å². The highest BCUT2D eigenvalue weighted by molar-refractivity contribution is 8.15. The van der Waals surface area contributed by atoms with Crippen LogP contribution in [0.3, 0.4) is 0 Å². The molecule has 1 aromatic carbocycles. The molecule has 8 heteroatoms. The number of hydrogen-bond donors (Lipinski definition) is 1. The van der Waals surface area contributed by atoms with Gasteiger partial charge < -0.3 is 9.47 Å². The minimum absolute atomic E-state index is 0.188. The van der Waals surface area contributed by atoms with Gasteiger partial charge in [0.25, 0.3) is 5.24 Å². The van der Waals surface area contributed by atoms with Crippen LogP contribution in [0.1, 0.15) is 44.2 Å². The second-order valence-corrected chi connectivity index (χ2v) is 9.86. The van der Waals surface area contributed by atoms with Gasteiger partial charge in [0, 0.05) is 18.9 Å². The Morgan fingerprint density at radius 1 is 1.33 bits per heavy atom. The molecule has 2 aliphatic rings. The van der Waals surface area contributed by atoms with Gasteiger partial charge in [-0.2, -0.15) is 0 Å². The van der Waals surface area contributed by atoms with E-state index in [0.29, 0.717) is 13.2 Å². The fourth-order valence-electron chi connectivity index (χ4n) is 3.04. The molecule has 1 aliphatic heterocycles. The summed E-state index contributed by atoms with van der Waals surface area (Å²) in [5, 5.41) is 1.77. The van der Waals surface area contributed by atoms with Crippen molar-refractivity contribution in [1.82, 2.24) is 9.62 Å². The number of rotatable bonds is 13. The van der Waals surface area contributed by atoms with Crippen LogP contribution in [0, 0.1) is 5.92 Å². The van der Waals surface area contributed by atoms with E-state index in [9.17, 15) is 9.59 Å². The average Bonchev–Trinajstić information content (AvgIpc) is 3.51. The number of nitrogens with one attached hydrogen (secondary N) is 1. The molecule has 2 unspecified atom stereocenters. The molecule has 0 spiro atoms. The number of allylic oxidation sites excluding steroid dienone is 2. The first-order valence-corrected chi connectivity index (χ1v) is 12.2. The summed E-state index contributed by atoms with van der Waals surface area (Å²) in [6.45, 7) is 3.52. The van der Waals surface area contributed by atoms with Crippen LogP contribution in [0.15, 0.2) is 36.4 Å². The molecule has 1 heterocycles. The Balaban J connectivity index is 1.44. The number of thioether (sulfide) groups is 1. The van der Waals surface area contributed by atoms with Gasteiger partial charge in [0.15, 0.2) is 0 Å². The highest BCUT2D eigenvalue weighted by Crippen LogP contribution is 2.32. The lowest BCUT2D eigenvalue weighted by Gasteiger charge is -2.27. The zero-order valence-corrected chi connectivity index (χ0v) is 19.2. The Labute approximate surface area is 187 Å². The van der Waals surface area contributed by atoms with Crippen LogP contribution in [0.2, 0.25) is 0 Å². The number of amides is 2. The smallest absolute Gasteiger partial charge is 0.286 e. The summed E-state index contributed by atoms with van der Waals surface area (Å²) >= 11 is 2.81. The van der Waals surface area contributed by atoms with Crippen LogP contribution < -0.4 is 10.1 Å². The summed E-state index contributed by atoms with van der Waals surface area (Å²) < 4.78 is 13.6. The standard InChI is InChI=1S/C22H30N2O4S2/c1-16(18-7-6-8-19(13-18)28-14-17-10-11-17)24(15-27-2)29-12-5-3-4-9-20-21(25)23-22(26)30-20/h3-4,6-8,13,16-17,20H,5,9-12,14-15H2,1-2H3,(H,23,25,26)/b4-3+. The number of nitrogens with zero attached hydrogens (tertiary/aromatic N) is 1. The van der Waals surface area contributed by atoms with Gasteiger partial charge in [-0.3, -0.25) is 14.9 Å². The van der Waals surface area contributed by atoms with E-state index in [1.54, 1.807) is 19.1 Å². The van der Waals surface area contributed by atoms with Crippen molar-refractivity contribution in [2.75, 3.05) is 26.2 Å². The van der Waals surface area contributed by atoms with Crippen molar-refractivity contribution in [3.05, 3.63) is 42.0 Å². The van der Waals surface area contributed by atoms with E-state index < -0.39 is 0 Å². The molecule has 164 valence electrons. The number of benzene rings is 1. The van der Waals surface area contributed by atoms with Crippen molar-refractivity contribution in [2.24, 2.45) is 5.92 Å². The van der Waals surface area contributed by atoms with Gasteiger partial charge in [-0.1, -0.05) is 48.0 Å². The summed E-state index contributed by atoms with van der Waals surface area (Å²) in [6.07, 6.45) is 8.10. The first-order valence-electron chi connectivity index (χ1n) is 10.3. The van der Waals surface area contributed by atoms with Crippen molar-refractivity contribution >= 4 is 34.9 Å². The van der Waals surface area contributed by atoms with Crippen molar-refractivity contribution in [3.63, 3.8) is 0 Å². The van der Waals surface area contributed by atoms with E-state index in [1.165, 1.54) is 18.4 Å². The molecule has 2 atom stereocenters. The van der Waals surface area contributed by atoms with Crippen LogP contribution >= 0.6 is 23.7 Å². The second kappa shape index (κ2) is 11.8. The average molecular weight is 451 g/mol. The normalized spacial score (nSPS) is 20.2. The largest absolute Gasteiger partial charge is 0.493 e. The SMILES string of the molecule is COCN(SCC/C=C/CC1SC(=O)NC1=O)C(C)c1cccc(OCC2CC2)c1. The fourth-order valence-corrected chi connectivity index (χ4v) is 4.83. The van der Waals surface area contributed by atoms with E-state index in [1.807, 2.05) is 18.2 Å². The number of methoxy groups -OCH3 is 1. The van der Waals surface area contributed by atoms with Crippen molar-refractivity contribution in [3.8, 4) is 5.75 Å². The molecule has 1 N–H and O–H groups in total. The van der Waals surface area contributed by atoms with Crippen molar-refractivity contribution in [1.29, 1.82) is 0 Å². The van der Waals surface area contributed by atoms with E-state index in [4.69, 9.17) is 9.47 Å². The third kappa shape index (κ3) is 7.34. The molecule has 3 rings (SSSR count). The third-order valence-electron chi connectivity index (χ3n) is 5.04. The maximum atomic E-state index is 11.6. The molecule has 1 saturated heterocycles. The molecular weight excluding hydrogens is 420 g/mol. The lowest BCUT2D eigenvalue weighted by atomic mass is 10.1. The maximum Gasteiger partial charge on any atom is 0.286 e. The second-order valence-electron chi connectivity index (χ2n) is 7.55. The summed E-state index contributed by atoms with van der Waals surface area (Å²) in [5.74, 6) is 2.39. The van der Waals surface area contributed by atoms with E-state index in [2.05, 4.69) is 34.8 Å². The minimum Gasteiger partial charge on any atom is -0.493 e. The number of imide groups is 1. The highest BCUT2D eigenvalue weighted by atomic mass is 32.2. The minimum atomic E-state index is -0.291. The van der Waals surface area contributed by atoms with Gasteiger partial charge in [-0.25, -0.2) is 4.31 Å². The quantitative estimate of drug-likeness (QED) is 0.201. The third-order valence-corrected chi connectivity index (χ3v) is 7.22. The zero-order chi connectivity index (χ0) is 21.3. The predicted octanol–water partition coefficient (Wildman–Crippen LogP) is 4.78. The number of carbonyl (C=O) groups is 2. The Hall–Kier alpha value is -1.48. The monoisotopic (exact) mass is 450 g/mol. The molecule has 1 saturated carbocycles. The number of carbonyl (C=O) groups excluding carboxylic acids is 2. The zero-order valence-electron chi connectivity index (χ0n) is 17.5. The Morgan fingerprint density at radius 3 is 2.87 bits per heavy atom. The van der Waals surface area contributed by atoms with Gasteiger partial charge in [-0.15, -0.1) is 0 Å². The van der Waals surface area contributed by atoms with Gasteiger partial charge in [0.05, 0.1) is 11.9 Å². The molecule has 0 radical (unpaired) electrons. The van der Waals surface area contributed by atoms with Crippen LogP contribution in [0.5, 0.6) is 5.75 Å².